The van der Waals surface area contributed by atoms with Gasteiger partial charge in [0.1, 0.15) is 0 Å². The number of nitrogens with zero attached hydrogens (tertiary/aromatic N) is 2. The fraction of sp³-hybridized carbons (Fsp3) is 0. The van der Waals surface area contributed by atoms with E-state index in [4.69, 9.17) is 9.97 Å². The highest BCUT2D eigenvalue weighted by atomic mass is 32.1. The molecular formula is C40H26N2S. The smallest absolute Gasteiger partial charge is 0.160 e. The largest absolute Gasteiger partial charge is 0.226 e. The molecule has 0 unspecified atom stereocenters. The highest BCUT2D eigenvalue weighted by Gasteiger charge is 2.16. The molecule has 8 rings (SSSR count). The average Bonchev–Trinajstić information content (AvgIpc) is 3.48. The molecule has 3 heteroatoms. The Morgan fingerprint density at radius 1 is 0.372 bits per heavy atom. The minimum atomic E-state index is 0.740. The third kappa shape index (κ3) is 4.80. The Bertz CT molecular complexity index is 2220. The number of aromatic nitrogens is 2. The van der Waals surface area contributed by atoms with Gasteiger partial charge in [0.25, 0.3) is 0 Å². The molecule has 0 atom stereocenters. The van der Waals surface area contributed by atoms with Crippen molar-refractivity contribution in [3.8, 4) is 56.0 Å². The lowest BCUT2D eigenvalue weighted by Gasteiger charge is -2.10. The van der Waals surface area contributed by atoms with Crippen molar-refractivity contribution < 1.29 is 0 Å². The molecule has 43 heavy (non-hydrogen) atoms. The van der Waals surface area contributed by atoms with Gasteiger partial charge in [-0.1, -0.05) is 140 Å². The number of benzene rings is 6. The highest BCUT2D eigenvalue weighted by Crippen LogP contribution is 2.39. The van der Waals surface area contributed by atoms with Crippen molar-refractivity contribution in [2.75, 3.05) is 0 Å². The second-order valence-electron chi connectivity index (χ2n) is 10.6. The van der Waals surface area contributed by atoms with Crippen LogP contribution in [0.2, 0.25) is 0 Å². The first-order valence-electron chi connectivity index (χ1n) is 14.4. The minimum absolute atomic E-state index is 0.740. The molecule has 0 saturated carbocycles. The van der Waals surface area contributed by atoms with Crippen LogP contribution in [0.4, 0.5) is 0 Å². The Morgan fingerprint density at radius 2 is 0.860 bits per heavy atom. The van der Waals surface area contributed by atoms with Gasteiger partial charge in [0.2, 0.25) is 0 Å². The van der Waals surface area contributed by atoms with Gasteiger partial charge < -0.3 is 0 Å². The fourth-order valence-electron chi connectivity index (χ4n) is 5.71. The monoisotopic (exact) mass is 566 g/mol. The molecule has 2 nitrogen and oxygen atoms in total. The van der Waals surface area contributed by atoms with Crippen LogP contribution in [0.25, 0.3) is 76.3 Å². The summed E-state index contributed by atoms with van der Waals surface area (Å²) in [6, 6.07) is 55.6. The lowest BCUT2D eigenvalue weighted by molar-refractivity contribution is 1.24. The standard InChI is InChI=1S/C40H26N2S/c1-3-11-27(12-4-1)28-21-23-29(24-22-28)31-15-9-16-32(25-31)33-17-10-18-34(26-33)40-41-37(30-13-5-2-6-14-30)39-38(42-40)35-19-7-8-20-36(35)43-39/h1-26H. The Labute approximate surface area is 254 Å². The summed E-state index contributed by atoms with van der Waals surface area (Å²) in [7, 11) is 0. The van der Waals surface area contributed by atoms with Crippen LogP contribution in [0.3, 0.4) is 0 Å². The molecule has 0 saturated heterocycles. The van der Waals surface area contributed by atoms with Crippen LogP contribution >= 0.6 is 11.3 Å². The van der Waals surface area contributed by atoms with Crippen LogP contribution in [0.1, 0.15) is 0 Å². The maximum atomic E-state index is 5.17. The van der Waals surface area contributed by atoms with Gasteiger partial charge in [0, 0.05) is 21.2 Å². The van der Waals surface area contributed by atoms with E-state index in [2.05, 4.69) is 152 Å². The first-order valence-corrected chi connectivity index (χ1v) is 15.2. The van der Waals surface area contributed by atoms with Crippen molar-refractivity contribution in [1.29, 1.82) is 0 Å². The van der Waals surface area contributed by atoms with Gasteiger partial charge in [-0.2, -0.15) is 0 Å². The lowest BCUT2D eigenvalue weighted by Crippen LogP contribution is -1.94. The van der Waals surface area contributed by atoms with E-state index in [9.17, 15) is 0 Å². The SMILES string of the molecule is c1ccc(-c2ccc(-c3cccc(-c4cccc(-c5nc(-c6ccccc6)c6sc7ccccc7c6n5)c4)c3)cc2)cc1. The summed E-state index contributed by atoms with van der Waals surface area (Å²) in [5.41, 5.74) is 11.2. The van der Waals surface area contributed by atoms with Crippen molar-refractivity contribution in [1.82, 2.24) is 9.97 Å². The van der Waals surface area contributed by atoms with E-state index >= 15 is 0 Å². The summed E-state index contributed by atoms with van der Waals surface area (Å²) >= 11 is 1.76. The number of hydrogen-bond donors (Lipinski definition) is 0. The number of fused-ring (bicyclic) bond motifs is 3. The molecule has 202 valence electrons. The summed E-state index contributed by atoms with van der Waals surface area (Å²) in [6.45, 7) is 0. The zero-order valence-electron chi connectivity index (χ0n) is 23.3. The van der Waals surface area contributed by atoms with Crippen LogP contribution in [-0.2, 0) is 0 Å². The number of thiophene rings is 1. The Kier molecular flexibility index (Phi) is 6.36. The molecule has 8 aromatic rings. The van der Waals surface area contributed by atoms with Gasteiger partial charge in [-0.05, 0) is 51.6 Å². The van der Waals surface area contributed by atoms with Gasteiger partial charge in [0.05, 0.1) is 15.9 Å². The van der Waals surface area contributed by atoms with Crippen LogP contribution < -0.4 is 0 Å². The third-order valence-electron chi connectivity index (χ3n) is 7.91. The van der Waals surface area contributed by atoms with E-state index in [-0.39, 0.29) is 0 Å². The predicted octanol–water partition coefficient (Wildman–Crippen LogP) is 11.2. The molecule has 0 N–H and O–H groups in total. The molecule has 2 heterocycles. The molecule has 0 aliphatic rings. The Hall–Kier alpha value is -5.38. The van der Waals surface area contributed by atoms with E-state index in [1.807, 2.05) is 6.07 Å². The van der Waals surface area contributed by atoms with Crippen LogP contribution in [-0.4, -0.2) is 9.97 Å². The summed E-state index contributed by atoms with van der Waals surface area (Å²) in [5, 5.41) is 1.17. The molecule has 0 fully saturated rings. The van der Waals surface area contributed by atoms with E-state index < -0.39 is 0 Å². The van der Waals surface area contributed by atoms with Gasteiger partial charge >= 0.3 is 0 Å². The summed E-state index contributed by atoms with van der Waals surface area (Å²) in [4.78, 5) is 10.3. The summed E-state index contributed by atoms with van der Waals surface area (Å²) < 4.78 is 2.35. The van der Waals surface area contributed by atoms with Crippen LogP contribution in [0, 0.1) is 0 Å². The fourth-order valence-corrected chi connectivity index (χ4v) is 6.87. The number of hydrogen-bond acceptors (Lipinski definition) is 3. The van der Waals surface area contributed by atoms with E-state index in [0.29, 0.717) is 0 Å². The zero-order chi connectivity index (χ0) is 28.6. The maximum Gasteiger partial charge on any atom is 0.160 e. The molecule has 0 radical (unpaired) electrons. The second kappa shape index (κ2) is 10.8. The van der Waals surface area contributed by atoms with Crippen molar-refractivity contribution in [2.24, 2.45) is 0 Å². The van der Waals surface area contributed by atoms with Crippen molar-refractivity contribution in [2.45, 2.75) is 0 Å². The second-order valence-corrected chi connectivity index (χ2v) is 11.7. The zero-order valence-corrected chi connectivity index (χ0v) is 24.1. The van der Waals surface area contributed by atoms with Gasteiger partial charge in [-0.15, -0.1) is 11.3 Å². The quantitative estimate of drug-likeness (QED) is 0.207. The van der Waals surface area contributed by atoms with Gasteiger partial charge in [-0.3, -0.25) is 0 Å². The molecule has 6 aromatic carbocycles. The molecule has 0 amide bonds. The first-order chi connectivity index (χ1) is 21.3. The van der Waals surface area contributed by atoms with Crippen LogP contribution in [0.15, 0.2) is 158 Å². The van der Waals surface area contributed by atoms with E-state index in [0.717, 1.165) is 44.0 Å². The molecule has 0 spiro atoms. The summed E-state index contributed by atoms with van der Waals surface area (Å²) in [6.07, 6.45) is 0. The van der Waals surface area contributed by atoms with Crippen molar-refractivity contribution in [3.05, 3.63) is 158 Å². The molecule has 0 aliphatic carbocycles. The molecule has 0 aliphatic heterocycles. The van der Waals surface area contributed by atoms with Gasteiger partial charge in [0.15, 0.2) is 5.82 Å². The first kappa shape index (κ1) is 25.3. The lowest BCUT2D eigenvalue weighted by atomic mass is 9.96. The van der Waals surface area contributed by atoms with Crippen molar-refractivity contribution >= 4 is 31.6 Å². The molecular weight excluding hydrogens is 541 g/mol. The molecule has 2 aromatic heterocycles. The van der Waals surface area contributed by atoms with E-state index in [1.54, 1.807) is 11.3 Å². The van der Waals surface area contributed by atoms with Crippen LogP contribution in [0.5, 0.6) is 0 Å². The number of rotatable bonds is 5. The Morgan fingerprint density at radius 3 is 1.56 bits per heavy atom. The maximum absolute atomic E-state index is 5.17. The third-order valence-corrected chi connectivity index (χ3v) is 9.08. The highest BCUT2D eigenvalue weighted by molar-refractivity contribution is 7.26. The summed E-state index contributed by atoms with van der Waals surface area (Å²) in [5.74, 6) is 0.740. The topological polar surface area (TPSA) is 25.8 Å². The Balaban J connectivity index is 1.20. The van der Waals surface area contributed by atoms with E-state index in [1.165, 1.54) is 32.3 Å². The van der Waals surface area contributed by atoms with Crippen molar-refractivity contribution in [3.63, 3.8) is 0 Å². The normalized spacial score (nSPS) is 11.3. The average molecular weight is 567 g/mol. The predicted molar refractivity (Wildman–Crippen MR) is 182 cm³/mol. The van der Waals surface area contributed by atoms with Gasteiger partial charge in [-0.25, -0.2) is 9.97 Å². The minimum Gasteiger partial charge on any atom is -0.226 e. The molecule has 0 bridgehead atoms.